The van der Waals surface area contributed by atoms with Gasteiger partial charge in [0.1, 0.15) is 0 Å². The van der Waals surface area contributed by atoms with E-state index >= 15 is 0 Å². The molecule has 0 aliphatic rings. The highest BCUT2D eigenvalue weighted by molar-refractivity contribution is 6.33. The van der Waals surface area contributed by atoms with Crippen molar-refractivity contribution in [3.63, 3.8) is 0 Å². The minimum Gasteiger partial charge on any atom is -0.247 e. The fourth-order valence-electron chi connectivity index (χ4n) is 7.54. The molecule has 3 nitrogen and oxygen atoms in total. The molecule has 2 heterocycles. The number of para-hydroxylation sites is 2. The maximum atomic E-state index is 5.39. The summed E-state index contributed by atoms with van der Waals surface area (Å²) < 4.78 is 0. The Hall–Kier alpha value is -6.71. The summed E-state index contributed by atoms with van der Waals surface area (Å²) in [5, 5.41) is 9.60. The molecule has 3 heteroatoms. The van der Waals surface area contributed by atoms with Crippen molar-refractivity contribution < 1.29 is 0 Å². The third-order valence-corrected chi connectivity index (χ3v) is 9.82. The van der Waals surface area contributed by atoms with Crippen LogP contribution in [0.3, 0.4) is 0 Å². The lowest BCUT2D eigenvalue weighted by Crippen LogP contribution is -1.95. The molecule has 10 aromatic rings. The van der Waals surface area contributed by atoms with Crippen LogP contribution in [-0.2, 0) is 0 Å². The summed E-state index contributed by atoms with van der Waals surface area (Å²) in [4.78, 5) is 15.4. The predicted molar refractivity (Wildman–Crippen MR) is 209 cm³/mol. The van der Waals surface area contributed by atoms with E-state index in [2.05, 4.69) is 152 Å². The molecule has 0 saturated heterocycles. The standard InChI is InChI=1S/C47H29N3/c1-2-14-30(15-3-1)47-49-42-27-11-9-25-40(42)45(50-47)33-18-12-16-31(28-33)32-17-13-19-34(29-32)46-44-38-23-7-5-21-36(38)35-20-4-6-22-37(35)43(44)39-24-8-10-26-41(39)48-46/h1-29H. The highest BCUT2D eigenvalue weighted by Gasteiger charge is 2.18. The summed E-state index contributed by atoms with van der Waals surface area (Å²) >= 11 is 0. The highest BCUT2D eigenvalue weighted by Crippen LogP contribution is 2.43. The average molecular weight is 636 g/mol. The molecule has 0 aliphatic carbocycles. The van der Waals surface area contributed by atoms with Gasteiger partial charge in [0.15, 0.2) is 5.82 Å². The summed E-state index contributed by atoms with van der Waals surface area (Å²) in [6.45, 7) is 0. The molecule has 8 aromatic carbocycles. The number of nitrogens with zero attached hydrogens (tertiary/aromatic N) is 3. The van der Waals surface area contributed by atoms with Crippen LogP contribution in [0.1, 0.15) is 0 Å². The molecular weight excluding hydrogens is 607 g/mol. The van der Waals surface area contributed by atoms with E-state index < -0.39 is 0 Å². The smallest absolute Gasteiger partial charge is 0.160 e. The van der Waals surface area contributed by atoms with Crippen LogP contribution in [0.15, 0.2) is 176 Å². The van der Waals surface area contributed by atoms with Gasteiger partial charge in [-0.05, 0) is 56.9 Å². The Morgan fingerprint density at radius 3 is 1.38 bits per heavy atom. The second-order valence-corrected chi connectivity index (χ2v) is 12.8. The Labute approximate surface area is 289 Å². The average Bonchev–Trinajstić information content (AvgIpc) is 3.20. The largest absolute Gasteiger partial charge is 0.247 e. The first kappa shape index (κ1) is 28.3. The lowest BCUT2D eigenvalue weighted by Gasteiger charge is -2.16. The van der Waals surface area contributed by atoms with Crippen molar-refractivity contribution in [2.45, 2.75) is 0 Å². The van der Waals surface area contributed by atoms with Crippen molar-refractivity contribution in [3.8, 4) is 45.0 Å². The Bertz CT molecular complexity index is 2930. The molecule has 0 atom stereocenters. The van der Waals surface area contributed by atoms with Crippen LogP contribution in [0.5, 0.6) is 0 Å². The molecule has 0 bridgehead atoms. The fraction of sp³-hybridized carbons (Fsp3) is 0. The number of hydrogen-bond acceptors (Lipinski definition) is 3. The Kier molecular flexibility index (Phi) is 6.49. The zero-order valence-corrected chi connectivity index (χ0v) is 27.1. The lowest BCUT2D eigenvalue weighted by molar-refractivity contribution is 1.23. The number of pyridine rings is 1. The van der Waals surface area contributed by atoms with Gasteiger partial charge in [0, 0.05) is 38.2 Å². The first-order valence-electron chi connectivity index (χ1n) is 17.0. The number of fused-ring (bicyclic) bond motifs is 9. The van der Waals surface area contributed by atoms with Crippen LogP contribution in [0.25, 0.3) is 99.2 Å². The molecule has 0 unspecified atom stereocenters. The summed E-state index contributed by atoms with van der Waals surface area (Å²) in [6, 6.07) is 62.0. The van der Waals surface area contributed by atoms with Gasteiger partial charge in [0.05, 0.1) is 22.4 Å². The predicted octanol–water partition coefficient (Wildman–Crippen LogP) is 12.3. The van der Waals surface area contributed by atoms with Crippen molar-refractivity contribution in [2.75, 3.05) is 0 Å². The van der Waals surface area contributed by atoms with E-state index in [0.717, 1.165) is 61.4 Å². The molecule has 0 N–H and O–H groups in total. The normalized spacial score (nSPS) is 11.6. The van der Waals surface area contributed by atoms with E-state index in [-0.39, 0.29) is 0 Å². The van der Waals surface area contributed by atoms with Crippen molar-refractivity contribution >= 4 is 54.1 Å². The molecule has 0 amide bonds. The summed E-state index contributed by atoms with van der Waals surface area (Å²) in [6.07, 6.45) is 0. The van der Waals surface area contributed by atoms with Gasteiger partial charge in [-0.15, -0.1) is 0 Å². The first-order valence-corrected chi connectivity index (χ1v) is 17.0. The molecule has 0 fully saturated rings. The minimum absolute atomic E-state index is 0.723. The van der Waals surface area contributed by atoms with Crippen LogP contribution >= 0.6 is 0 Å². The van der Waals surface area contributed by atoms with Crippen molar-refractivity contribution in [3.05, 3.63) is 176 Å². The van der Waals surface area contributed by atoms with E-state index in [1.165, 1.54) is 37.7 Å². The third kappa shape index (κ3) is 4.56. The SMILES string of the molecule is c1ccc(-c2nc(-c3cccc(-c4cccc(-c5nc6ccccc6c6c7ccccc7c7ccccc7c56)c4)c3)c3ccccc3n2)cc1. The maximum Gasteiger partial charge on any atom is 0.160 e. The Morgan fingerprint density at radius 2 is 0.720 bits per heavy atom. The van der Waals surface area contributed by atoms with Gasteiger partial charge < -0.3 is 0 Å². The number of rotatable bonds is 4. The van der Waals surface area contributed by atoms with E-state index in [0.29, 0.717) is 0 Å². The second-order valence-electron chi connectivity index (χ2n) is 12.8. The summed E-state index contributed by atoms with van der Waals surface area (Å²) in [5.41, 5.74) is 9.22. The molecule has 0 saturated carbocycles. The highest BCUT2D eigenvalue weighted by atomic mass is 14.9. The van der Waals surface area contributed by atoms with E-state index in [1.807, 2.05) is 24.3 Å². The van der Waals surface area contributed by atoms with Gasteiger partial charge in [0.25, 0.3) is 0 Å². The summed E-state index contributed by atoms with van der Waals surface area (Å²) in [7, 11) is 0. The Morgan fingerprint density at radius 1 is 0.260 bits per heavy atom. The van der Waals surface area contributed by atoms with Crippen LogP contribution in [0, 0.1) is 0 Å². The lowest BCUT2D eigenvalue weighted by atomic mass is 9.89. The molecule has 232 valence electrons. The van der Waals surface area contributed by atoms with Gasteiger partial charge in [-0.25, -0.2) is 15.0 Å². The minimum atomic E-state index is 0.723. The van der Waals surface area contributed by atoms with Gasteiger partial charge in [-0.3, -0.25) is 0 Å². The van der Waals surface area contributed by atoms with E-state index in [9.17, 15) is 0 Å². The topological polar surface area (TPSA) is 38.7 Å². The molecule has 0 spiro atoms. The quantitative estimate of drug-likeness (QED) is 0.181. The van der Waals surface area contributed by atoms with Crippen LogP contribution in [0.4, 0.5) is 0 Å². The van der Waals surface area contributed by atoms with E-state index in [4.69, 9.17) is 15.0 Å². The number of benzene rings is 8. The molecule has 0 radical (unpaired) electrons. The van der Waals surface area contributed by atoms with Gasteiger partial charge in [0.2, 0.25) is 0 Å². The first-order chi connectivity index (χ1) is 24.8. The van der Waals surface area contributed by atoms with Gasteiger partial charge >= 0.3 is 0 Å². The number of hydrogen-bond donors (Lipinski definition) is 0. The second kappa shape index (κ2) is 11.5. The van der Waals surface area contributed by atoms with Gasteiger partial charge in [-0.2, -0.15) is 0 Å². The van der Waals surface area contributed by atoms with Gasteiger partial charge in [-0.1, -0.05) is 152 Å². The monoisotopic (exact) mass is 635 g/mol. The zero-order chi connectivity index (χ0) is 33.0. The van der Waals surface area contributed by atoms with Crippen molar-refractivity contribution in [1.29, 1.82) is 0 Å². The number of aromatic nitrogens is 3. The van der Waals surface area contributed by atoms with Crippen LogP contribution < -0.4 is 0 Å². The fourth-order valence-corrected chi connectivity index (χ4v) is 7.54. The van der Waals surface area contributed by atoms with E-state index in [1.54, 1.807) is 0 Å². The molecule has 2 aromatic heterocycles. The molecule has 10 rings (SSSR count). The zero-order valence-electron chi connectivity index (χ0n) is 27.1. The third-order valence-electron chi connectivity index (χ3n) is 9.82. The summed E-state index contributed by atoms with van der Waals surface area (Å²) in [5.74, 6) is 0.723. The van der Waals surface area contributed by atoms with Crippen LogP contribution in [0.2, 0.25) is 0 Å². The molecule has 0 aliphatic heterocycles. The maximum absolute atomic E-state index is 5.39. The molecule has 50 heavy (non-hydrogen) atoms. The molecular formula is C47H29N3. The van der Waals surface area contributed by atoms with Crippen molar-refractivity contribution in [1.82, 2.24) is 15.0 Å². The Balaban J connectivity index is 1.18. The van der Waals surface area contributed by atoms with Crippen LogP contribution in [-0.4, -0.2) is 15.0 Å². The van der Waals surface area contributed by atoms with Crippen molar-refractivity contribution in [2.24, 2.45) is 0 Å².